The lowest BCUT2D eigenvalue weighted by Crippen LogP contribution is -2.30. The van der Waals surface area contributed by atoms with E-state index in [4.69, 9.17) is 27.9 Å². The first-order valence-electron chi connectivity index (χ1n) is 9.81. The molecular weight excluding hydrogens is 467 g/mol. The molecule has 0 aromatic heterocycles. The summed E-state index contributed by atoms with van der Waals surface area (Å²) >= 11 is 11.9. The maximum atomic E-state index is 12.9. The van der Waals surface area contributed by atoms with Gasteiger partial charge in [-0.15, -0.1) is 0 Å². The number of carbonyl (C=O) groups excluding carboxylic acids is 4. The summed E-state index contributed by atoms with van der Waals surface area (Å²) < 4.78 is 5.24. The van der Waals surface area contributed by atoms with Crippen molar-refractivity contribution in [3.8, 4) is 0 Å². The summed E-state index contributed by atoms with van der Waals surface area (Å²) in [7, 11) is 0. The van der Waals surface area contributed by atoms with Crippen LogP contribution in [0, 0.1) is 0 Å². The van der Waals surface area contributed by atoms with E-state index in [9.17, 15) is 19.2 Å². The molecule has 3 amide bonds. The molecule has 1 aliphatic rings. The minimum Gasteiger partial charge on any atom is -0.449 e. The van der Waals surface area contributed by atoms with Crippen LogP contribution in [0.25, 0.3) is 0 Å². The molecule has 3 aromatic rings. The monoisotopic (exact) mass is 482 g/mol. The molecule has 0 radical (unpaired) electrons. The highest BCUT2D eigenvalue weighted by molar-refractivity contribution is 6.35. The average Bonchev–Trinajstić information content (AvgIpc) is 3.05. The van der Waals surface area contributed by atoms with E-state index in [0.717, 1.165) is 4.90 Å². The summed E-state index contributed by atoms with van der Waals surface area (Å²) in [5, 5.41) is 3.40. The Labute approximate surface area is 198 Å². The zero-order chi connectivity index (χ0) is 23.7. The Hall–Kier alpha value is -3.68. The second-order valence-corrected chi connectivity index (χ2v) is 8.04. The van der Waals surface area contributed by atoms with Gasteiger partial charge in [-0.25, -0.2) is 9.69 Å². The number of amides is 3. The predicted molar refractivity (Wildman–Crippen MR) is 124 cm³/mol. The standard InChI is InChI=1S/C24H16Cl2N2O5/c1-13(21(29)27-20-5-3-2-4-19(20)26)33-24(32)14-6-11-17-18(12-14)23(31)28(22(17)30)16-9-7-15(25)8-10-16/h2-13H,1H3,(H,27,29). The van der Waals surface area contributed by atoms with Crippen LogP contribution in [0.5, 0.6) is 0 Å². The SMILES string of the molecule is CC(OC(=O)c1ccc2c(c1)C(=O)N(c1ccc(Cl)cc1)C2=O)C(=O)Nc1ccccc1Cl. The van der Waals surface area contributed by atoms with E-state index < -0.39 is 29.8 Å². The first-order chi connectivity index (χ1) is 15.8. The third-order valence-electron chi connectivity index (χ3n) is 4.99. The normalized spacial score (nSPS) is 13.5. The number of halogens is 2. The molecular formula is C24H16Cl2N2O5. The Morgan fingerprint density at radius 2 is 1.58 bits per heavy atom. The molecule has 0 saturated heterocycles. The number of nitrogens with one attached hydrogen (secondary N) is 1. The van der Waals surface area contributed by atoms with Gasteiger partial charge < -0.3 is 10.1 Å². The summed E-state index contributed by atoms with van der Waals surface area (Å²) in [6.07, 6.45) is -1.13. The van der Waals surface area contributed by atoms with E-state index in [1.807, 2.05) is 0 Å². The summed E-state index contributed by atoms with van der Waals surface area (Å²) in [4.78, 5) is 51.6. The van der Waals surface area contributed by atoms with Gasteiger partial charge in [0.25, 0.3) is 17.7 Å². The van der Waals surface area contributed by atoms with Gasteiger partial charge in [0.2, 0.25) is 0 Å². The summed E-state index contributed by atoms with van der Waals surface area (Å²) in [5.74, 6) is -2.47. The largest absolute Gasteiger partial charge is 0.449 e. The van der Waals surface area contributed by atoms with Crippen LogP contribution >= 0.6 is 23.2 Å². The topological polar surface area (TPSA) is 92.8 Å². The second kappa shape index (κ2) is 9.05. The Morgan fingerprint density at radius 1 is 0.909 bits per heavy atom. The van der Waals surface area contributed by atoms with Gasteiger partial charge in [-0.3, -0.25) is 14.4 Å². The molecule has 166 valence electrons. The molecule has 9 heteroatoms. The number of para-hydroxylation sites is 1. The van der Waals surface area contributed by atoms with Crippen molar-refractivity contribution in [1.82, 2.24) is 0 Å². The average molecular weight is 483 g/mol. The number of rotatable bonds is 5. The molecule has 0 bridgehead atoms. The number of hydrogen-bond acceptors (Lipinski definition) is 5. The molecule has 1 N–H and O–H groups in total. The minimum absolute atomic E-state index is 0.0326. The number of fused-ring (bicyclic) bond motifs is 1. The van der Waals surface area contributed by atoms with E-state index in [-0.39, 0.29) is 16.7 Å². The van der Waals surface area contributed by atoms with Crippen molar-refractivity contribution in [1.29, 1.82) is 0 Å². The van der Waals surface area contributed by atoms with Crippen molar-refractivity contribution in [3.05, 3.63) is 93.5 Å². The third kappa shape index (κ3) is 4.46. The fraction of sp³-hybridized carbons (Fsp3) is 0.0833. The van der Waals surface area contributed by atoms with Gasteiger partial charge in [-0.1, -0.05) is 35.3 Å². The van der Waals surface area contributed by atoms with Gasteiger partial charge in [0.05, 0.1) is 33.1 Å². The van der Waals surface area contributed by atoms with Gasteiger partial charge in [-0.05, 0) is 61.5 Å². The van der Waals surface area contributed by atoms with Crippen LogP contribution in [0.4, 0.5) is 11.4 Å². The molecule has 0 spiro atoms. The highest BCUT2D eigenvalue weighted by atomic mass is 35.5. The Bertz CT molecular complexity index is 1290. The van der Waals surface area contributed by atoms with E-state index in [1.54, 1.807) is 48.5 Å². The molecule has 0 fully saturated rings. The molecule has 1 heterocycles. The highest BCUT2D eigenvalue weighted by Crippen LogP contribution is 2.30. The molecule has 1 atom stereocenters. The van der Waals surface area contributed by atoms with Gasteiger partial charge in [0, 0.05) is 5.02 Å². The fourth-order valence-corrected chi connectivity index (χ4v) is 3.58. The van der Waals surface area contributed by atoms with Crippen LogP contribution in [0.15, 0.2) is 66.7 Å². The van der Waals surface area contributed by atoms with Crippen LogP contribution in [0.1, 0.15) is 38.0 Å². The number of nitrogens with zero attached hydrogens (tertiary/aromatic N) is 1. The lowest BCUT2D eigenvalue weighted by Gasteiger charge is -2.14. The van der Waals surface area contributed by atoms with Gasteiger partial charge >= 0.3 is 5.97 Å². The molecule has 7 nitrogen and oxygen atoms in total. The van der Waals surface area contributed by atoms with Gasteiger partial charge in [0.1, 0.15) is 0 Å². The van der Waals surface area contributed by atoms with Crippen LogP contribution in [-0.2, 0) is 9.53 Å². The Kier molecular flexibility index (Phi) is 6.18. The quantitative estimate of drug-likeness (QED) is 0.408. The van der Waals surface area contributed by atoms with Crippen molar-refractivity contribution < 1.29 is 23.9 Å². The van der Waals surface area contributed by atoms with Gasteiger partial charge in [0.15, 0.2) is 6.10 Å². The minimum atomic E-state index is -1.13. The molecule has 0 saturated carbocycles. The van der Waals surface area contributed by atoms with Crippen LogP contribution in [-0.4, -0.2) is 29.8 Å². The van der Waals surface area contributed by atoms with Crippen LogP contribution in [0.3, 0.4) is 0 Å². The Morgan fingerprint density at radius 3 is 2.27 bits per heavy atom. The third-order valence-corrected chi connectivity index (χ3v) is 5.57. The van der Waals surface area contributed by atoms with E-state index >= 15 is 0 Å². The number of anilines is 2. The zero-order valence-electron chi connectivity index (χ0n) is 17.2. The first-order valence-corrected chi connectivity index (χ1v) is 10.6. The molecule has 33 heavy (non-hydrogen) atoms. The van der Waals surface area contributed by atoms with Crippen LogP contribution in [0.2, 0.25) is 10.0 Å². The summed E-state index contributed by atoms with van der Waals surface area (Å²) in [5.41, 5.74) is 1.01. The summed E-state index contributed by atoms with van der Waals surface area (Å²) in [6.45, 7) is 1.41. The number of ether oxygens (including phenoxy) is 1. The first kappa shape index (κ1) is 22.5. The lowest BCUT2D eigenvalue weighted by atomic mass is 10.1. The number of esters is 1. The van der Waals surface area contributed by atoms with E-state index in [1.165, 1.54) is 25.1 Å². The summed E-state index contributed by atoms with van der Waals surface area (Å²) in [6, 6.07) is 16.9. The van der Waals surface area contributed by atoms with Crippen LogP contribution < -0.4 is 10.2 Å². The zero-order valence-corrected chi connectivity index (χ0v) is 18.7. The number of imide groups is 1. The van der Waals surface area contributed by atoms with Crippen molar-refractivity contribution in [2.75, 3.05) is 10.2 Å². The smallest absolute Gasteiger partial charge is 0.338 e. The van der Waals surface area contributed by atoms with Crippen molar-refractivity contribution in [2.24, 2.45) is 0 Å². The lowest BCUT2D eigenvalue weighted by molar-refractivity contribution is -0.123. The molecule has 1 unspecified atom stereocenters. The highest BCUT2D eigenvalue weighted by Gasteiger charge is 2.37. The van der Waals surface area contributed by atoms with Crippen molar-refractivity contribution >= 4 is 58.3 Å². The number of hydrogen-bond donors (Lipinski definition) is 1. The van der Waals surface area contributed by atoms with Crippen molar-refractivity contribution in [3.63, 3.8) is 0 Å². The molecule has 3 aromatic carbocycles. The van der Waals surface area contributed by atoms with E-state index in [0.29, 0.717) is 21.4 Å². The number of benzene rings is 3. The fourth-order valence-electron chi connectivity index (χ4n) is 3.27. The molecule has 1 aliphatic heterocycles. The van der Waals surface area contributed by atoms with Gasteiger partial charge in [-0.2, -0.15) is 0 Å². The van der Waals surface area contributed by atoms with Crippen molar-refractivity contribution in [2.45, 2.75) is 13.0 Å². The van der Waals surface area contributed by atoms with E-state index in [2.05, 4.69) is 5.32 Å². The Balaban J connectivity index is 1.49. The maximum absolute atomic E-state index is 12.9. The molecule has 4 rings (SSSR count). The maximum Gasteiger partial charge on any atom is 0.338 e. The second-order valence-electron chi connectivity index (χ2n) is 7.20. The number of carbonyl (C=O) groups is 4. The molecule has 0 aliphatic carbocycles. The predicted octanol–water partition coefficient (Wildman–Crippen LogP) is 4.98.